The van der Waals surface area contributed by atoms with Crippen LogP contribution >= 0.6 is 23.1 Å². The minimum atomic E-state index is -0.0697. The molecule has 3 aromatic rings. The van der Waals surface area contributed by atoms with Crippen molar-refractivity contribution < 1.29 is 4.79 Å². The topological polar surface area (TPSA) is 45.6 Å². The monoisotopic (exact) mass is 377 g/mol. The van der Waals surface area contributed by atoms with Crippen LogP contribution in [-0.4, -0.2) is 16.1 Å². The van der Waals surface area contributed by atoms with Crippen LogP contribution in [0, 0.1) is 6.92 Å². The van der Waals surface area contributed by atoms with E-state index in [0.29, 0.717) is 15.2 Å². The van der Waals surface area contributed by atoms with Gasteiger partial charge in [-0.05, 0) is 48.0 Å². The van der Waals surface area contributed by atoms with E-state index in [9.17, 15) is 4.79 Å². The molecule has 1 aliphatic heterocycles. The molecule has 1 aromatic heterocycles. The van der Waals surface area contributed by atoms with Gasteiger partial charge >= 0.3 is 0 Å². The molecule has 4 rings (SSSR count). The van der Waals surface area contributed by atoms with Crippen LogP contribution in [0.3, 0.4) is 0 Å². The maximum atomic E-state index is 13.1. The first kappa shape index (κ1) is 16.8. The van der Waals surface area contributed by atoms with E-state index in [1.54, 1.807) is 11.1 Å². The Bertz CT molecular complexity index is 995. The Labute approximate surface area is 159 Å². The molecule has 1 amide bonds. The second-order valence-electron chi connectivity index (χ2n) is 5.65. The van der Waals surface area contributed by atoms with Crippen molar-refractivity contribution in [3.05, 3.63) is 82.2 Å². The lowest BCUT2D eigenvalue weighted by Crippen LogP contribution is -2.28. The SMILES string of the molecule is Cc1ccccc1/C=C1\S/C(=N/c2nccs2)N(c2ccccc2)C1=O. The number of para-hydroxylation sites is 1. The second-order valence-corrected chi connectivity index (χ2v) is 7.53. The molecule has 0 bridgehead atoms. The fourth-order valence-corrected chi connectivity index (χ4v) is 4.13. The highest BCUT2D eigenvalue weighted by Crippen LogP contribution is 2.37. The molecule has 0 saturated carbocycles. The van der Waals surface area contributed by atoms with Gasteiger partial charge in [0.1, 0.15) is 0 Å². The van der Waals surface area contributed by atoms with Crippen molar-refractivity contribution in [2.24, 2.45) is 4.99 Å². The summed E-state index contributed by atoms with van der Waals surface area (Å²) in [5.41, 5.74) is 2.96. The number of carbonyl (C=O) groups excluding carboxylic acids is 1. The predicted octanol–water partition coefficient (Wildman–Crippen LogP) is 5.26. The summed E-state index contributed by atoms with van der Waals surface area (Å²) in [5.74, 6) is -0.0697. The van der Waals surface area contributed by atoms with Gasteiger partial charge in [-0.15, -0.1) is 11.3 Å². The zero-order valence-corrected chi connectivity index (χ0v) is 15.6. The molecule has 0 unspecified atom stereocenters. The van der Waals surface area contributed by atoms with Crippen molar-refractivity contribution in [1.82, 2.24) is 4.98 Å². The third-order valence-corrected chi connectivity index (χ3v) is 5.54. The van der Waals surface area contributed by atoms with Gasteiger partial charge in [0.25, 0.3) is 5.91 Å². The Morgan fingerprint density at radius 3 is 2.58 bits per heavy atom. The number of aliphatic imine (C=N–C) groups is 1. The molecular weight excluding hydrogens is 362 g/mol. The molecule has 0 atom stereocenters. The number of amides is 1. The standard InChI is InChI=1S/C20H15N3OS2/c1-14-7-5-6-8-15(14)13-17-18(24)23(16-9-3-2-4-10-16)20(26-17)22-19-21-11-12-25-19/h2-13H,1H3/b17-13-,22-20+. The van der Waals surface area contributed by atoms with E-state index in [0.717, 1.165) is 16.8 Å². The van der Waals surface area contributed by atoms with Crippen LogP contribution in [0.1, 0.15) is 11.1 Å². The minimum Gasteiger partial charge on any atom is -0.268 e. The number of amidine groups is 1. The van der Waals surface area contributed by atoms with Gasteiger partial charge in [-0.25, -0.2) is 4.98 Å². The molecule has 2 heterocycles. The molecule has 1 aliphatic rings. The molecule has 26 heavy (non-hydrogen) atoms. The van der Waals surface area contributed by atoms with E-state index in [1.807, 2.05) is 73.0 Å². The Kier molecular flexibility index (Phi) is 4.69. The number of thioether (sulfide) groups is 1. The Morgan fingerprint density at radius 2 is 1.85 bits per heavy atom. The van der Waals surface area contributed by atoms with Crippen molar-refractivity contribution in [3.8, 4) is 0 Å². The largest absolute Gasteiger partial charge is 0.271 e. The highest BCUT2D eigenvalue weighted by Gasteiger charge is 2.34. The maximum Gasteiger partial charge on any atom is 0.271 e. The van der Waals surface area contributed by atoms with Gasteiger partial charge in [0.15, 0.2) is 5.17 Å². The first-order valence-corrected chi connectivity index (χ1v) is 9.75. The third-order valence-electron chi connectivity index (χ3n) is 3.91. The van der Waals surface area contributed by atoms with Crippen molar-refractivity contribution in [2.45, 2.75) is 6.92 Å². The normalized spacial score (nSPS) is 17.4. The average molecular weight is 377 g/mol. The molecule has 0 N–H and O–H groups in total. The highest BCUT2D eigenvalue weighted by atomic mass is 32.2. The summed E-state index contributed by atoms with van der Waals surface area (Å²) >= 11 is 2.82. The molecule has 1 saturated heterocycles. The summed E-state index contributed by atoms with van der Waals surface area (Å²) in [6.45, 7) is 2.04. The van der Waals surface area contributed by atoms with E-state index in [4.69, 9.17) is 0 Å². The number of hydrogen-bond acceptors (Lipinski definition) is 5. The van der Waals surface area contributed by atoms with Gasteiger partial charge in [0, 0.05) is 11.6 Å². The molecular formula is C20H15N3OS2. The van der Waals surface area contributed by atoms with E-state index >= 15 is 0 Å². The number of hydrogen-bond donors (Lipinski definition) is 0. The van der Waals surface area contributed by atoms with Crippen LogP contribution < -0.4 is 4.90 Å². The summed E-state index contributed by atoms with van der Waals surface area (Å²) in [6, 6.07) is 17.6. The molecule has 1 fully saturated rings. The third kappa shape index (κ3) is 3.34. The number of rotatable bonds is 3. The van der Waals surface area contributed by atoms with Gasteiger partial charge in [-0.1, -0.05) is 42.5 Å². The predicted molar refractivity (Wildman–Crippen MR) is 110 cm³/mol. The highest BCUT2D eigenvalue weighted by molar-refractivity contribution is 8.19. The smallest absolute Gasteiger partial charge is 0.268 e. The fraction of sp³-hybridized carbons (Fsp3) is 0.0500. The molecule has 0 aliphatic carbocycles. The summed E-state index contributed by atoms with van der Waals surface area (Å²) < 4.78 is 0. The summed E-state index contributed by atoms with van der Waals surface area (Å²) in [6.07, 6.45) is 3.64. The summed E-state index contributed by atoms with van der Waals surface area (Å²) in [4.78, 5) is 24.2. The number of aromatic nitrogens is 1. The van der Waals surface area contributed by atoms with Crippen molar-refractivity contribution in [1.29, 1.82) is 0 Å². The Hall–Kier alpha value is -2.70. The zero-order chi connectivity index (χ0) is 17.9. The van der Waals surface area contributed by atoms with Gasteiger partial charge in [0.05, 0.1) is 10.6 Å². The quantitative estimate of drug-likeness (QED) is 0.585. The lowest BCUT2D eigenvalue weighted by atomic mass is 10.1. The number of benzene rings is 2. The minimum absolute atomic E-state index is 0.0697. The van der Waals surface area contributed by atoms with Gasteiger partial charge in [-0.2, -0.15) is 4.99 Å². The molecule has 128 valence electrons. The van der Waals surface area contributed by atoms with Crippen LogP contribution in [0.2, 0.25) is 0 Å². The Balaban J connectivity index is 1.78. The number of anilines is 1. The van der Waals surface area contributed by atoms with Gasteiger partial charge in [0.2, 0.25) is 5.13 Å². The number of carbonyl (C=O) groups is 1. The first-order valence-electron chi connectivity index (χ1n) is 8.05. The van der Waals surface area contributed by atoms with E-state index in [1.165, 1.54) is 23.1 Å². The van der Waals surface area contributed by atoms with Crippen LogP contribution in [0.25, 0.3) is 6.08 Å². The van der Waals surface area contributed by atoms with Crippen molar-refractivity contribution >= 4 is 51.1 Å². The molecule has 0 radical (unpaired) electrons. The summed E-state index contributed by atoms with van der Waals surface area (Å²) in [7, 11) is 0. The first-order chi connectivity index (χ1) is 12.7. The average Bonchev–Trinajstić information content (AvgIpc) is 3.27. The molecule has 6 heteroatoms. The van der Waals surface area contributed by atoms with Gasteiger partial charge < -0.3 is 0 Å². The second kappa shape index (κ2) is 7.27. The maximum absolute atomic E-state index is 13.1. The Morgan fingerprint density at radius 1 is 1.08 bits per heavy atom. The van der Waals surface area contributed by atoms with Crippen LogP contribution in [0.15, 0.2) is 76.1 Å². The van der Waals surface area contributed by atoms with Crippen LogP contribution in [0.4, 0.5) is 10.8 Å². The lowest BCUT2D eigenvalue weighted by Gasteiger charge is -2.14. The molecule has 2 aromatic carbocycles. The van der Waals surface area contributed by atoms with Gasteiger partial charge in [-0.3, -0.25) is 9.69 Å². The lowest BCUT2D eigenvalue weighted by molar-refractivity contribution is -0.113. The molecule has 4 nitrogen and oxygen atoms in total. The number of thiazole rings is 1. The van der Waals surface area contributed by atoms with Crippen molar-refractivity contribution in [2.75, 3.05) is 4.90 Å². The van der Waals surface area contributed by atoms with Crippen molar-refractivity contribution in [3.63, 3.8) is 0 Å². The van der Waals surface area contributed by atoms with Crippen LogP contribution in [-0.2, 0) is 4.79 Å². The number of nitrogens with zero attached hydrogens (tertiary/aromatic N) is 3. The van der Waals surface area contributed by atoms with E-state index < -0.39 is 0 Å². The fourth-order valence-electron chi connectivity index (χ4n) is 2.60. The molecule has 0 spiro atoms. The van der Waals surface area contributed by atoms with E-state index in [-0.39, 0.29) is 5.91 Å². The van der Waals surface area contributed by atoms with E-state index in [2.05, 4.69) is 9.98 Å². The summed E-state index contributed by atoms with van der Waals surface area (Å²) in [5, 5.41) is 3.13. The number of aryl methyl sites for hydroxylation is 1. The zero-order valence-electron chi connectivity index (χ0n) is 14.0. The van der Waals surface area contributed by atoms with Crippen LogP contribution in [0.5, 0.6) is 0 Å².